The first kappa shape index (κ1) is 18.1. The largest absolute Gasteiger partial charge is 0.496 e. The van der Waals surface area contributed by atoms with Crippen LogP contribution in [0.15, 0.2) is 17.9 Å². The molecule has 3 unspecified atom stereocenters. The van der Waals surface area contributed by atoms with Gasteiger partial charge in [0.25, 0.3) is 0 Å². The van der Waals surface area contributed by atoms with Crippen molar-refractivity contribution in [1.82, 2.24) is 0 Å². The fourth-order valence-electron chi connectivity index (χ4n) is 4.12. The first-order valence-electron chi connectivity index (χ1n) is 8.56. The maximum Gasteiger partial charge on any atom is 0.359 e. The zero-order chi connectivity index (χ0) is 18.1. The van der Waals surface area contributed by atoms with Crippen molar-refractivity contribution in [1.29, 1.82) is 0 Å². The minimum Gasteiger partial charge on any atom is -0.496 e. The van der Waals surface area contributed by atoms with Crippen molar-refractivity contribution in [3.8, 4) is 5.75 Å². The summed E-state index contributed by atoms with van der Waals surface area (Å²) in [6, 6.07) is 3.93. The lowest BCUT2D eigenvalue weighted by molar-refractivity contribution is -0.118. The van der Waals surface area contributed by atoms with Gasteiger partial charge < -0.3 is 8.92 Å². The Labute approximate surface area is 151 Å². The predicted molar refractivity (Wildman–Crippen MR) is 96.1 cm³/mol. The number of rotatable bonds is 5. The lowest BCUT2D eigenvalue weighted by Crippen LogP contribution is -2.22. The number of fused-ring (bicyclic) bond motifs is 1. The van der Waals surface area contributed by atoms with Gasteiger partial charge in [-0.05, 0) is 43.9 Å². The highest BCUT2D eigenvalue weighted by Crippen LogP contribution is 2.49. The molecule has 3 rings (SSSR count). The molecule has 1 aromatic carbocycles. The Hall–Kier alpha value is -1.66. The molecule has 2 aliphatic carbocycles. The summed E-state index contributed by atoms with van der Waals surface area (Å²) in [4.78, 5) is 13.2. The van der Waals surface area contributed by atoms with Crippen LogP contribution in [0.5, 0.6) is 5.75 Å². The van der Waals surface area contributed by atoms with Gasteiger partial charge in [0.15, 0.2) is 5.78 Å². The van der Waals surface area contributed by atoms with Crippen molar-refractivity contribution in [2.45, 2.75) is 39.5 Å². The van der Waals surface area contributed by atoms with Crippen LogP contribution >= 0.6 is 0 Å². The summed E-state index contributed by atoms with van der Waals surface area (Å²) >= 11 is -1.91. The standard InChI is InChI=1S/C19H24O5S/c1-11-9-12(2)16(15(10-11)22-3)17-18(20)13-7-5-6-8-14(13)19(17)24-25(21)23-4/h9-10,13-14H,5-8H2,1-4H3. The molecule has 6 heteroatoms. The molecule has 1 aromatic rings. The first-order chi connectivity index (χ1) is 12.0. The van der Waals surface area contributed by atoms with E-state index in [0.29, 0.717) is 17.1 Å². The van der Waals surface area contributed by atoms with Crippen LogP contribution in [0, 0.1) is 25.7 Å². The molecule has 2 aliphatic rings. The number of benzene rings is 1. The average Bonchev–Trinajstić information content (AvgIpc) is 2.87. The summed E-state index contributed by atoms with van der Waals surface area (Å²) in [7, 11) is 2.92. The first-order valence-corrected chi connectivity index (χ1v) is 9.56. The molecule has 0 spiro atoms. The molecule has 25 heavy (non-hydrogen) atoms. The Bertz CT molecular complexity index is 752. The molecule has 0 aliphatic heterocycles. The fraction of sp³-hybridized carbons (Fsp3) is 0.526. The lowest BCUT2D eigenvalue weighted by atomic mass is 9.80. The zero-order valence-corrected chi connectivity index (χ0v) is 15.9. The van der Waals surface area contributed by atoms with Gasteiger partial charge in [-0.3, -0.25) is 8.98 Å². The third-order valence-corrected chi connectivity index (χ3v) is 5.73. The van der Waals surface area contributed by atoms with Gasteiger partial charge in [-0.2, -0.15) is 4.21 Å². The Morgan fingerprint density at radius 1 is 1.08 bits per heavy atom. The molecule has 0 saturated heterocycles. The van der Waals surface area contributed by atoms with Gasteiger partial charge in [0, 0.05) is 17.4 Å². The highest BCUT2D eigenvalue weighted by atomic mass is 32.2. The van der Waals surface area contributed by atoms with Crippen molar-refractivity contribution in [3.63, 3.8) is 0 Å². The number of methoxy groups -OCH3 is 1. The van der Waals surface area contributed by atoms with E-state index in [4.69, 9.17) is 13.1 Å². The maximum absolute atomic E-state index is 13.2. The van der Waals surface area contributed by atoms with Crippen LogP contribution in [0.1, 0.15) is 42.4 Å². The number of ketones is 1. The third kappa shape index (κ3) is 3.25. The summed E-state index contributed by atoms with van der Waals surface area (Å²) in [6.45, 7) is 3.94. The minimum absolute atomic E-state index is 0.0271. The Morgan fingerprint density at radius 2 is 1.76 bits per heavy atom. The van der Waals surface area contributed by atoms with E-state index in [2.05, 4.69) is 0 Å². The normalized spacial score (nSPS) is 24.2. The minimum atomic E-state index is -1.91. The van der Waals surface area contributed by atoms with Gasteiger partial charge in [-0.25, -0.2) is 0 Å². The van der Waals surface area contributed by atoms with Crippen LogP contribution in [-0.4, -0.2) is 24.2 Å². The zero-order valence-electron chi connectivity index (χ0n) is 15.1. The Morgan fingerprint density at radius 3 is 2.40 bits per heavy atom. The van der Waals surface area contributed by atoms with Crippen LogP contribution in [0.25, 0.3) is 5.57 Å². The van der Waals surface area contributed by atoms with E-state index in [1.54, 1.807) is 7.11 Å². The van der Waals surface area contributed by atoms with Gasteiger partial charge in [-0.15, -0.1) is 0 Å². The highest BCUT2D eigenvalue weighted by Gasteiger charge is 2.46. The van der Waals surface area contributed by atoms with E-state index in [-0.39, 0.29) is 17.6 Å². The van der Waals surface area contributed by atoms with Crippen molar-refractivity contribution in [2.24, 2.45) is 11.8 Å². The quantitative estimate of drug-likeness (QED) is 0.798. The number of hydrogen-bond donors (Lipinski definition) is 0. The molecule has 0 radical (unpaired) electrons. The van der Waals surface area contributed by atoms with Gasteiger partial charge in [-0.1, -0.05) is 18.9 Å². The molecule has 136 valence electrons. The lowest BCUT2D eigenvalue weighted by Gasteiger charge is -2.25. The molecule has 0 amide bonds. The van der Waals surface area contributed by atoms with Crippen LogP contribution < -0.4 is 4.74 Å². The molecule has 0 aromatic heterocycles. The summed E-state index contributed by atoms with van der Waals surface area (Å²) in [6.07, 6.45) is 3.78. The van der Waals surface area contributed by atoms with Crippen LogP contribution in [0.2, 0.25) is 0 Å². The van der Waals surface area contributed by atoms with Gasteiger partial charge in [0.1, 0.15) is 11.5 Å². The van der Waals surface area contributed by atoms with E-state index < -0.39 is 11.4 Å². The Balaban J connectivity index is 2.19. The van der Waals surface area contributed by atoms with Crippen molar-refractivity contribution < 1.29 is 22.1 Å². The Kier molecular flexibility index (Phi) is 5.29. The number of ether oxygens (including phenoxy) is 1. The molecule has 1 fully saturated rings. The molecule has 0 bridgehead atoms. The number of aryl methyl sites for hydroxylation is 2. The molecule has 3 atom stereocenters. The molecular formula is C19H24O5S. The van der Waals surface area contributed by atoms with Crippen molar-refractivity contribution >= 4 is 22.7 Å². The predicted octanol–water partition coefficient (Wildman–Crippen LogP) is 3.65. The molecule has 1 saturated carbocycles. The van der Waals surface area contributed by atoms with E-state index >= 15 is 0 Å². The van der Waals surface area contributed by atoms with E-state index in [0.717, 1.165) is 42.4 Å². The third-order valence-electron chi connectivity index (χ3n) is 5.14. The smallest absolute Gasteiger partial charge is 0.359 e. The van der Waals surface area contributed by atoms with Gasteiger partial charge in [0.05, 0.1) is 19.8 Å². The summed E-state index contributed by atoms with van der Waals surface area (Å²) in [5.41, 5.74) is 3.26. The van der Waals surface area contributed by atoms with Crippen LogP contribution in [0.4, 0.5) is 0 Å². The van der Waals surface area contributed by atoms with Gasteiger partial charge in [0.2, 0.25) is 0 Å². The SMILES string of the molecule is COc1cc(C)cc(C)c1C1=C(OS(=O)OC)C2CCCCC2C1=O. The van der Waals surface area contributed by atoms with E-state index in [9.17, 15) is 9.00 Å². The number of hydrogen-bond acceptors (Lipinski definition) is 5. The summed E-state index contributed by atoms with van der Waals surface area (Å²) in [5, 5.41) is 0. The molecular weight excluding hydrogens is 340 g/mol. The van der Waals surface area contributed by atoms with E-state index in [1.165, 1.54) is 7.11 Å². The number of Topliss-reactive ketones (excluding diaryl/α,β-unsaturated/α-hetero) is 1. The van der Waals surface area contributed by atoms with Crippen molar-refractivity contribution in [2.75, 3.05) is 14.2 Å². The monoisotopic (exact) mass is 364 g/mol. The molecule has 0 heterocycles. The topological polar surface area (TPSA) is 61.8 Å². The summed E-state index contributed by atoms with van der Waals surface area (Å²) < 4.78 is 27.9. The molecule has 5 nitrogen and oxygen atoms in total. The number of carbonyl (C=O) groups is 1. The van der Waals surface area contributed by atoms with Crippen molar-refractivity contribution in [3.05, 3.63) is 34.6 Å². The van der Waals surface area contributed by atoms with Gasteiger partial charge >= 0.3 is 11.4 Å². The summed E-state index contributed by atoms with van der Waals surface area (Å²) in [5.74, 6) is 1.08. The average molecular weight is 364 g/mol. The van der Waals surface area contributed by atoms with Crippen LogP contribution in [-0.2, 0) is 24.5 Å². The van der Waals surface area contributed by atoms with E-state index in [1.807, 2.05) is 26.0 Å². The van der Waals surface area contributed by atoms with Crippen LogP contribution in [0.3, 0.4) is 0 Å². The fourth-order valence-corrected chi connectivity index (χ4v) is 4.54. The number of carbonyl (C=O) groups excluding carboxylic acids is 1. The second-order valence-electron chi connectivity index (χ2n) is 6.71. The second-order valence-corrected chi connectivity index (χ2v) is 7.62. The maximum atomic E-state index is 13.2. The molecule has 0 N–H and O–H groups in total. The highest BCUT2D eigenvalue weighted by molar-refractivity contribution is 7.75. The number of allylic oxidation sites excluding steroid dienone is 2. The second kappa shape index (κ2) is 7.30.